The van der Waals surface area contributed by atoms with Crippen molar-refractivity contribution in [3.63, 3.8) is 0 Å². The molecular formula is C11H10F3NO2. The first-order chi connectivity index (χ1) is 7.97. The van der Waals surface area contributed by atoms with Crippen molar-refractivity contribution in [1.82, 2.24) is 0 Å². The van der Waals surface area contributed by atoms with Crippen LogP contribution in [0.3, 0.4) is 0 Å². The first-order valence-electron chi connectivity index (χ1n) is 4.78. The highest BCUT2D eigenvalue weighted by Crippen LogP contribution is 2.26. The molecule has 2 atom stereocenters. The van der Waals surface area contributed by atoms with Gasteiger partial charge in [-0.15, -0.1) is 0 Å². The second-order valence-electron chi connectivity index (χ2n) is 3.46. The zero-order valence-electron chi connectivity index (χ0n) is 8.65. The van der Waals surface area contributed by atoms with Gasteiger partial charge in [-0.1, -0.05) is 12.1 Å². The topological polar surface area (TPSA) is 64.2 Å². The van der Waals surface area contributed by atoms with Crippen LogP contribution in [0.15, 0.2) is 18.2 Å². The lowest BCUT2D eigenvalue weighted by atomic mass is 10.0. The lowest BCUT2D eigenvalue weighted by Gasteiger charge is -2.16. The van der Waals surface area contributed by atoms with Crippen molar-refractivity contribution in [2.24, 2.45) is 0 Å². The van der Waals surface area contributed by atoms with E-state index in [-0.39, 0.29) is 12.0 Å². The predicted molar refractivity (Wildman–Crippen MR) is 52.6 cm³/mol. The standard InChI is InChI=1S/C11H10F3NO2/c12-8-5-6(1-2-7(8)11(13)14)10(17)9(16)3-4-15/h1-2,5,9-11,16-17H,3H2. The average molecular weight is 245 g/mol. The number of halogens is 3. The first-order valence-corrected chi connectivity index (χ1v) is 4.78. The van der Waals surface area contributed by atoms with Crippen LogP contribution in [-0.2, 0) is 0 Å². The number of nitrogens with zero attached hydrogens (tertiary/aromatic N) is 1. The third kappa shape index (κ3) is 3.19. The van der Waals surface area contributed by atoms with Crippen LogP contribution in [-0.4, -0.2) is 16.3 Å². The zero-order valence-corrected chi connectivity index (χ0v) is 8.65. The largest absolute Gasteiger partial charge is 0.389 e. The minimum atomic E-state index is -2.94. The number of benzene rings is 1. The molecule has 0 fully saturated rings. The van der Waals surface area contributed by atoms with Gasteiger partial charge in [0.2, 0.25) is 0 Å². The summed E-state index contributed by atoms with van der Waals surface area (Å²) in [6, 6.07) is 4.31. The van der Waals surface area contributed by atoms with Gasteiger partial charge in [0.25, 0.3) is 6.43 Å². The molecule has 0 radical (unpaired) electrons. The summed E-state index contributed by atoms with van der Waals surface area (Å²) in [5.74, 6) is -1.15. The maximum atomic E-state index is 13.2. The van der Waals surface area contributed by atoms with E-state index in [4.69, 9.17) is 5.26 Å². The van der Waals surface area contributed by atoms with Crippen LogP contribution < -0.4 is 0 Å². The van der Waals surface area contributed by atoms with Crippen molar-refractivity contribution in [3.8, 4) is 6.07 Å². The van der Waals surface area contributed by atoms with Crippen molar-refractivity contribution in [1.29, 1.82) is 5.26 Å². The first kappa shape index (κ1) is 13.5. The van der Waals surface area contributed by atoms with Crippen LogP contribution in [0.5, 0.6) is 0 Å². The number of rotatable bonds is 4. The van der Waals surface area contributed by atoms with E-state index in [0.29, 0.717) is 0 Å². The number of hydrogen-bond acceptors (Lipinski definition) is 3. The monoisotopic (exact) mass is 245 g/mol. The van der Waals surface area contributed by atoms with Gasteiger partial charge in [0.15, 0.2) is 0 Å². The number of aliphatic hydroxyl groups is 2. The number of aliphatic hydroxyl groups excluding tert-OH is 2. The summed E-state index contributed by atoms with van der Waals surface area (Å²) >= 11 is 0. The summed E-state index contributed by atoms with van der Waals surface area (Å²) in [6.07, 6.45) is -6.13. The molecule has 0 aliphatic heterocycles. The molecule has 3 nitrogen and oxygen atoms in total. The van der Waals surface area contributed by atoms with Crippen molar-refractivity contribution in [2.45, 2.75) is 25.1 Å². The van der Waals surface area contributed by atoms with E-state index < -0.39 is 30.0 Å². The fourth-order valence-electron chi connectivity index (χ4n) is 1.33. The SMILES string of the molecule is N#CCC(O)C(O)c1ccc(C(F)F)c(F)c1. The average Bonchev–Trinajstić information content (AvgIpc) is 2.27. The number of nitriles is 1. The Balaban J connectivity index is 2.94. The van der Waals surface area contributed by atoms with Gasteiger partial charge in [-0.05, 0) is 11.6 Å². The lowest BCUT2D eigenvalue weighted by molar-refractivity contribution is 0.0214. The van der Waals surface area contributed by atoms with Crippen molar-refractivity contribution in [3.05, 3.63) is 35.1 Å². The van der Waals surface area contributed by atoms with Crippen LogP contribution in [0, 0.1) is 17.1 Å². The van der Waals surface area contributed by atoms with Crippen LogP contribution in [0.2, 0.25) is 0 Å². The van der Waals surface area contributed by atoms with Crippen LogP contribution in [0.4, 0.5) is 13.2 Å². The maximum Gasteiger partial charge on any atom is 0.266 e. The number of alkyl halides is 2. The zero-order chi connectivity index (χ0) is 13.0. The van der Waals surface area contributed by atoms with Gasteiger partial charge in [-0.2, -0.15) is 5.26 Å². The van der Waals surface area contributed by atoms with Crippen LogP contribution >= 0.6 is 0 Å². The third-order valence-electron chi connectivity index (χ3n) is 2.27. The Kier molecular flexibility index (Phi) is 4.49. The maximum absolute atomic E-state index is 13.2. The van der Waals surface area contributed by atoms with Crippen molar-refractivity contribution < 1.29 is 23.4 Å². The van der Waals surface area contributed by atoms with E-state index in [1.165, 1.54) is 0 Å². The molecule has 1 rings (SSSR count). The Bertz CT molecular complexity index is 431. The lowest BCUT2D eigenvalue weighted by Crippen LogP contribution is -2.17. The van der Waals surface area contributed by atoms with E-state index in [2.05, 4.69) is 0 Å². The highest BCUT2D eigenvalue weighted by Gasteiger charge is 2.21. The highest BCUT2D eigenvalue weighted by molar-refractivity contribution is 5.27. The Labute approximate surface area is 95.7 Å². The van der Waals surface area contributed by atoms with Gasteiger partial charge < -0.3 is 10.2 Å². The Hall–Kier alpha value is -1.58. The van der Waals surface area contributed by atoms with Crippen molar-refractivity contribution in [2.75, 3.05) is 0 Å². The molecular weight excluding hydrogens is 235 g/mol. The van der Waals surface area contributed by atoms with E-state index in [1.807, 2.05) is 0 Å². The second-order valence-corrected chi connectivity index (χ2v) is 3.46. The summed E-state index contributed by atoms with van der Waals surface area (Å²) in [4.78, 5) is 0. The molecule has 17 heavy (non-hydrogen) atoms. The van der Waals surface area contributed by atoms with Crippen LogP contribution in [0.25, 0.3) is 0 Å². The molecule has 2 N–H and O–H groups in total. The molecule has 92 valence electrons. The molecule has 2 unspecified atom stereocenters. The molecule has 0 aromatic heterocycles. The third-order valence-corrected chi connectivity index (χ3v) is 2.27. The fourth-order valence-corrected chi connectivity index (χ4v) is 1.33. The van der Waals surface area contributed by atoms with Gasteiger partial charge >= 0.3 is 0 Å². The molecule has 1 aromatic carbocycles. The summed E-state index contributed by atoms with van der Waals surface area (Å²) in [5, 5.41) is 27.1. The van der Waals surface area contributed by atoms with Crippen molar-refractivity contribution >= 4 is 0 Å². The van der Waals surface area contributed by atoms with Gasteiger partial charge in [0.05, 0.1) is 24.2 Å². The van der Waals surface area contributed by atoms with Crippen LogP contribution in [0.1, 0.15) is 30.1 Å². The molecule has 0 aliphatic carbocycles. The Morgan fingerprint density at radius 1 is 1.29 bits per heavy atom. The summed E-state index contributed by atoms with van der Waals surface area (Å²) in [7, 11) is 0. The highest BCUT2D eigenvalue weighted by atomic mass is 19.3. The molecule has 0 aliphatic rings. The normalized spacial score (nSPS) is 14.4. The molecule has 1 aromatic rings. The van der Waals surface area contributed by atoms with Gasteiger partial charge in [-0.3, -0.25) is 0 Å². The molecule has 0 saturated heterocycles. The molecule has 0 amide bonds. The Morgan fingerprint density at radius 2 is 1.94 bits per heavy atom. The molecule has 0 bridgehead atoms. The summed E-state index contributed by atoms with van der Waals surface area (Å²) < 4.78 is 37.7. The smallest absolute Gasteiger partial charge is 0.266 e. The molecule has 6 heteroatoms. The molecule has 0 heterocycles. The summed E-state index contributed by atoms with van der Waals surface area (Å²) in [6.45, 7) is 0. The quantitative estimate of drug-likeness (QED) is 0.853. The number of hydrogen-bond donors (Lipinski definition) is 2. The minimum Gasteiger partial charge on any atom is -0.389 e. The van der Waals surface area contributed by atoms with Gasteiger partial charge in [0.1, 0.15) is 11.9 Å². The van der Waals surface area contributed by atoms with E-state index in [0.717, 1.165) is 18.2 Å². The van der Waals surface area contributed by atoms with E-state index >= 15 is 0 Å². The Morgan fingerprint density at radius 3 is 2.41 bits per heavy atom. The molecule has 0 spiro atoms. The fraction of sp³-hybridized carbons (Fsp3) is 0.364. The predicted octanol–water partition coefficient (Wildman–Crippen LogP) is 2.07. The second kappa shape index (κ2) is 5.66. The van der Waals surface area contributed by atoms with E-state index in [9.17, 15) is 23.4 Å². The molecule has 0 saturated carbocycles. The van der Waals surface area contributed by atoms with Gasteiger partial charge in [0, 0.05) is 0 Å². The van der Waals surface area contributed by atoms with E-state index in [1.54, 1.807) is 6.07 Å². The minimum absolute atomic E-state index is 0.0466. The van der Waals surface area contributed by atoms with Gasteiger partial charge in [-0.25, -0.2) is 13.2 Å². The summed E-state index contributed by atoms with van der Waals surface area (Å²) in [5.41, 5.74) is -0.814.